The van der Waals surface area contributed by atoms with E-state index in [1.807, 2.05) is 32.1 Å². The predicted molar refractivity (Wildman–Crippen MR) is 122 cm³/mol. The Balaban J connectivity index is 2.11. The lowest BCUT2D eigenvalue weighted by Gasteiger charge is -2.13. The number of carbonyl (C=O) groups excluding carboxylic acids is 2. The lowest BCUT2D eigenvalue weighted by atomic mass is 10.1. The van der Waals surface area contributed by atoms with Gasteiger partial charge in [-0.3, -0.25) is 4.79 Å². The predicted octanol–water partition coefficient (Wildman–Crippen LogP) is 4.50. The molecular formula is C25H28N4O3. The quantitative estimate of drug-likeness (QED) is 0.375. The highest BCUT2D eigenvalue weighted by molar-refractivity contribution is 6.01. The third-order valence-electron chi connectivity index (χ3n) is 5.10. The molecule has 1 N–H and O–H groups in total. The molecule has 1 aromatic heterocycles. The topological polar surface area (TPSA) is 108 Å². The molecule has 0 radical (unpaired) electrons. The number of aromatic nitrogens is 1. The molecule has 1 aromatic carbocycles. The van der Waals surface area contributed by atoms with E-state index in [9.17, 15) is 14.9 Å². The van der Waals surface area contributed by atoms with Gasteiger partial charge in [0, 0.05) is 23.6 Å². The summed E-state index contributed by atoms with van der Waals surface area (Å²) in [4.78, 5) is 24.9. The van der Waals surface area contributed by atoms with Gasteiger partial charge in [-0.05, 0) is 69.0 Å². The van der Waals surface area contributed by atoms with Gasteiger partial charge in [0.15, 0.2) is 6.10 Å². The number of nitriles is 2. The molecule has 2 rings (SSSR count). The number of ether oxygens (including phenoxy) is 1. The van der Waals surface area contributed by atoms with Gasteiger partial charge in [0.05, 0.1) is 11.6 Å². The van der Waals surface area contributed by atoms with Crippen LogP contribution in [0.4, 0.5) is 5.69 Å². The Morgan fingerprint density at radius 2 is 1.91 bits per heavy atom. The Morgan fingerprint density at radius 1 is 1.19 bits per heavy atom. The van der Waals surface area contributed by atoms with Crippen molar-refractivity contribution in [3.05, 3.63) is 58.4 Å². The lowest BCUT2D eigenvalue weighted by Crippen LogP contribution is -2.30. The van der Waals surface area contributed by atoms with Gasteiger partial charge < -0.3 is 14.6 Å². The summed E-state index contributed by atoms with van der Waals surface area (Å²) in [5.74, 6) is -0.861. The van der Waals surface area contributed by atoms with Gasteiger partial charge in [0.1, 0.15) is 11.6 Å². The fourth-order valence-electron chi connectivity index (χ4n) is 3.19. The monoisotopic (exact) mass is 432 g/mol. The molecule has 2 aromatic rings. The zero-order valence-electron chi connectivity index (χ0n) is 19.1. The molecule has 0 saturated heterocycles. The highest BCUT2D eigenvalue weighted by Gasteiger charge is 2.21. The summed E-state index contributed by atoms with van der Waals surface area (Å²) in [5, 5.41) is 21.0. The molecule has 1 amide bonds. The molecule has 0 aliphatic carbocycles. The molecule has 1 atom stereocenters. The second-order valence-electron chi connectivity index (χ2n) is 8.06. The van der Waals surface area contributed by atoms with Gasteiger partial charge in [-0.1, -0.05) is 19.9 Å². The van der Waals surface area contributed by atoms with Crippen LogP contribution in [-0.2, 0) is 20.9 Å². The fourth-order valence-corrected chi connectivity index (χ4v) is 3.19. The first-order chi connectivity index (χ1) is 15.2. The van der Waals surface area contributed by atoms with Crippen molar-refractivity contribution >= 4 is 23.6 Å². The van der Waals surface area contributed by atoms with E-state index >= 15 is 0 Å². The molecule has 7 nitrogen and oxygen atoms in total. The van der Waals surface area contributed by atoms with Crippen molar-refractivity contribution < 1.29 is 14.3 Å². The summed E-state index contributed by atoms with van der Waals surface area (Å²) in [6.07, 6.45) is 1.40. The van der Waals surface area contributed by atoms with Crippen molar-refractivity contribution in [3.63, 3.8) is 0 Å². The van der Waals surface area contributed by atoms with E-state index in [0.717, 1.165) is 29.9 Å². The standard InChI is InChI=1S/C25H28N4O3/c1-16(2)9-10-29-17(3)11-21(18(29)4)13-22(15-27)25(31)32-19(5)24(30)28-23-8-6-7-20(12-23)14-26/h6-8,11-13,16,19H,9-10H2,1-5H3,(H,28,30)/b22-13+. The van der Waals surface area contributed by atoms with Crippen LogP contribution in [-0.4, -0.2) is 22.5 Å². The number of anilines is 1. The van der Waals surface area contributed by atoms with Crippen LogP contribution in [0, 0.1) is 42.4 Å². The Hall–Kier alpha value is -3.84. The number of rotatable bonds is 8. The molecule has 0 spiro atoms. The van der Waals surface area contributed by atoms with Gasteiger partial charge in [-0.15, -0.1) is 0 Å². The Labute approximate surface area is 188 Å². The number of hydrogen-bond acceptors (Lipinski definition) is 5. The number of aryl methyl sites for hydroxylation is 1. The van der Waals surface area contributed by atoms with E-state index in [2.05, 4.69) is 23.7 Å². The number of benzene rings is 1. The molecule has 7 heteroatoms. The Kier molecular flexibility index (Phi) is 8.38. The zero-order chi connectivity index (χ0) is 23.8. The number of hydrogen-bond donors (Lipinski definition) is 1. The minimum Gasteiger partial charge on any atom is -0.448 e. The van der Waals surface area contributed by atoms with Crippen LogP contribution in [0.2, 0.25) is 0 Å². The Morgan fingerprint density at radius 3 is 2.53 bits per heavy atom. The summed E-state index contributed by atoms with van der Waals surface area (Å²) in [7, 11) is 0. The van der Waals surface area contributed by atoms with Crippen LogP contribution >= 0.6 is 0 Å². The normalized spacial score (nSPS) is 12.1. The highest BCUT2D eigenvalue weighted by Crippen LogP contribution is 2.20. The van der Waals surface area contributed by atoms with E-state index in [0.29, 0.717) is 17.2 Å². The second-order valence-corrected chi connectivity index (χ2v) is 8.06. The van der Waals surface area contributed by atoms with Crippen molar-refractivity contribution in [2.75, 3.05) is 5.32 Å². The molecule has 0 bridgehead atoms. The third kappa shape index (κ3) is 6.33. The first-order valence-electron chi connectivity index (χ1n) is 10.5. The zero-order valence-corrected chi connectivity index (χ0v) is 19.1. The molecule has 1 heterocycles. The first kappa shape index (κ1) is 24.4. The smallest absolute Gasteiger partial charge is 0.349 e. The first-order valence-corrected chi connectivity index (χ1v) is 10.5. The van der Waals surface area contributed by atoms with Crippen LogP contribution < -0.4 is 5.32 Å². The maximum absolute atomic E-state index is 12.5. The van der Waals surface area contributed by atoms with Crippen molar-refractivity contribution in [1.82, 2.24) is 4.57 Å². The van der Waals surface area contributed by atoms with E-state index in [1.165, 1.54) is 19.1 Å². The summed E-state index contributed by atoms with van der Waals surface area (Å²) in [6, 6.07) is 12.2. The van der Waals surface area contributed by atoms with Crippen LogP contribution in [0.25, 0.3) is 6.08 Å². The average molecular weight is 433 g/mol. The van der Waals surface area contributed by atoms with Gasteiger partial charge in [-0.25, -0.2) is 4.79 Å². The summed E-state index contributed by atoms with van der Waals surface area (Å²) in [5.41, 5.74) is 3.42. The fraction of sp³-hybridized carbons (Fsp3) is 0.360. The second kappa shape index (κ2) is 11.0. The summed E-state index contributed by atoms with van der Waals surface area (Å²) < 4.78 is 7.37. The van der Waals surface area contributed by atoms with Crippen molar-refractivity contribution in [2.24, 2.45) is 5.92 Å². The van der Waals surface area contributed by atoms with E-state index < -0.39 is 18.0 Å². The van der Waals surface area contributed by atoms with Gasteiger partial charge in [0.25, 0.3) is 5.91 Å². The van der Waals surface area contributed by atoms with Crippen LogP contribution in [0.15, 0.2) is 35.9 Å². The summed E-state index contributed by atoms with van der Waals surface area (Å²) >= 11 is 0. The minimum atomic E-state index is -1.12. The van der Waals surface area contributed by atoms with E-state index in [1.54, 1.807) is 18.2 Å². The molecule has 1 unspecified atom stereocenters. The molecule has 0 aliphatic rings. The molecule has 166 valence electrons. The van der Waals surface area contributed by atoms with Crippen molar-refractivity contribution in [2.45, 2.75) is 53.7 Å². The van der Waals surface area contributed by atoms with Gasteiger partial charge in [-0.2, -0.15) is 10.5 Å². The maximum atomic E-state index is 12.5. The largest absolute Gasteiger partial charge is 0.448 e. The van der Waals surface area contributed by atoms with Crippen LogP contribution in [0.3, 0.4) is 0 Å². The SMILES string of the molecule is Cc1cc(/C=C(\C#N)C(=O)OC(C)C(=O)Nc2cccc(C#N)c2)c(C)n1CCC(C)C. The van der Waals surface area contributed by atoms with Crippen molar-refractivity contribution in [3.8, 4) is 12.1 Å². The highest BCUT2D eigenvalue weighted by atomic mass is 16.5. The van der Waals surface area contributed by atoms with Crippen LogP contribution in [0.1, 0.15) is 49.7 Å². The molecular weight excluding hydrogens is 404 g/mol. The summed E-state index contributed by atoms with van der Waals surface area (Å²) in [6.45, 7) is 10.5. The molecule has 0 fully saturated rings. The average Bonchev–Trinajstić information content (AvgIpc) is 3.02. The number of esters is 1. The van der Waals surface area contributed by atoms with Gasteiger partial charge in [0.2, 0.25) is 0 Å². The number of nitrogens with zero attached hydrogens (tertiary/aromatic N) is 3. The minimum absolute atomic E-state index is 0.180. The van der Waals surface area contributed by atoms with Gasteiger partial charge >= 0.3 is 5.97 Å². The van der Waals surface area contributed by atoms with E-state index in [-0.39, 0.29) is 5.57 Å². The number of nitrogens with one attached hydrogen (secondary N) is 1. The number of carbonyl (C=O) groups is 2. The number of amides is 1. The third-order valence-corrected chi connectivity index (χ3v) is 5.10. The van der Waals surface area contributed by atoms with Crippen molar-refractivity contribution in [1.29, 1.82) is 10.5 Å². The molecule has 0 saturated carbocycles. The molecule has 0 aliphatic heterocycles. The van der Waals surface area contributed by atoms with E-state index in [4.69, 9.17) is 10.00 Å². The van der Waals surface area contributed by atoms with Crippen LogP contribution in [0.5, 0.6) is 0 Å². The molecule has 32 heavy (non-hydrogen) atoms. The Bertz CT molecular complexity index is 1110. The maximum Gasteiger partial charge on any atom is 0.349 e. The lowest BCUT2D eigenvalue weighted by molar-refractivity contribution is -0.148.